The standard InChI is InChI=1S/C10H7NO2S.Li/c12-10(13)9-11-6-8(14-9)7-4-2-1-3-5-7;/h1-6H,(H,12,13);/q;+1/p-1. The first-order chi connectivity index (χ1) is 6.77. The quantitative estimate of drug-likeness (QED) is 0.549. The monoisotopic (exact) mass is 211 g/mol. The zero-order chi connectivity index (χ0) is 9.97. The summed E-state index contributed by atoms with van der Waals surface area (Å²) in [6.07, 6.45) is 1.55. The SMILES string of the molecule is O=C([O-])c1ncc(-c2ccccc2)s1.[Li+]. The molecule has 5 heteroatoms. The molecule has 3 nitrogen and oxygen atoms in total. The van der Waals surface area contributed by atoms with Gasteiger partial charge in [-0.2, -0.15) is 0 Å². The summed E-state index contributed by atoms with van der Waals surface area (Å²) in [6.45, 7) is 0. The van der Waals surface area contributed by atoms with Crippen molar-refractivity contribution >= 4 is 17.3 Å². The average Bonchev–Trinajstić information content (AvgIpc) is 2.68. The maximum atomic E-state index is 10.5. The maximum absolute atomic E-state index is 10.5. The van der Waals surface area contributed by atoms with Crippen molar-refractivity contribution in [3.8, 4) is 10.4 Å². The number of carboxylic acids is 1. The summed E-state index contributed by atoms with van der Waals surface area (Å²) in [4.78, 5) is 15.1. The van der Waals surface area contributed by atoms with Gasteiger partial charge in [-0.3, -0.25) is 0 Å². The van der Waals surface area contributed by atoms with Crippen LogP contribution in [0.5, 0.6) is 0 Å². The van der Waals surface area contributed by atoms with Crippen molar-refractivity contribution in [2.75, 3.05) is 0 Å². The molecule has 1 aromatic carbocycles. The largest absolute Gasteiger partial charge is 1.00 e. The molecule has 0 unspecified atom stereocenters. The van der Waals surface area contributed by atoms with Crippen LogP contribution in [0.2, 0.25) is 0 Å². The van der Waals surface area contributed by atoms with Crippen LogP contribution >= 0.6 is 11.3 Å². The predicted molar refractivity (Wildman–Crippen MR) is 51.9 cm³/mol. The molecular weight excluding hydrogens is 205 g/mol. The molecule has 0 aliphatic rings. The minimum atomic E-state index is -1.22. The van der Waals surface area contributed by atoms with Gasteiger partial charge in [-0.15, -0.1) is 11.3 Å². The molecule has 2 aromatic rings. The van der Waals surface area contributed by atoms with Crippen LogP contribution in [0.15, 0.2) is 36.5 Å². The second-order valence-electron chi connectivity index (χ2n) is 2.68. The third kappa shape index (κ3) is 2.69. The van der Waals surface area contributed by atoms with E-state index >= 15 is 0 Å². The Hall–Kier alpha value is -1.08. The maximum Gasteiger partial charge on any atom is 1.00 e. The average molecular weight is 211 g/mol. The Kier molecular flexibility index (Phi) is 4.10. The molecule has 2 rings (SSSR count). The number of benzene rings is 1. The van der Waals surface area contributed by atoms with Crippen molar-refractivity contribution in [3.63, 3.8) is 0 Å². The number of carbonyl (C=O) groups excluding carboxylic acids is 1. The number of aromatic carboxylic acids is 1. The smallest absolute Gasteiger partial charge is 0.542 e. The van der Waals surface area contributed by atoms with Gasteiger partial charge in [0.2, 0.25) is 0 Å². The fourth-order valence-electron chi connectivity index (χ4n) is 1.10. The van der Waals surface area contributed by atoms with Crippen LogP contribution in [0.1, 0.15) is 9.80 Å². The van der Waals surface area contributed by atoms with E-state index in [2.05, 4.69) is 4.98 Å². The topological polar surface area (TPSA) is 53.0 Å². The van der Waals surface area contributed by atoms with Gasteiger partial charge in [0.1, 0.15) is 11.0 Å². The molecule has 0 aliphatic heterocycles. The Morgan fingerprint density at radius 3 is 2.47 bits per heavy atom. The van der Waals surface area contributed by atoms with E-state index in [1.54, 1.807) is 6.20 Å². The molecular formula is C10H6LiNO2S. The van der Waals surface area contributed by atoms with Gasteiger partial charge in [0.15, 0.2) is 0 Å². The van der Waals surface area contributed by atoms with Crippen LogP contribution in [-0.4, -0.2) is 11.0 Å². The van der Waals surface area contributed by atoms with Gasteiger partial charge >= 0.3 is 18.9 Å². The molecule has 0 saturated carbocycles. The number of aromatic nitrogens is 1. The normalized spacial score (nSPS) is 9.33. The third-order valence-electron chi connectivity index (χ3n) is 1.74. The predicted octanol–water partition coefficient (Wildman–Crippen LogP) is -1.82. The second kappa shape index (κ2) is 5.13. The fraction of sp³-hybridized carbons (Fsp3) is 0. The van der Waals surface area contributed by atoms with Crippen LogP contribution in [0.3, 0.4) is 0 Å². The Morgan fingerprint density at radius 2 is 1.93 bits per heavy atom. The van der Waals surface area contributed by atoms with Crippen LogP contribution in [0.4, 0.5) is 0 Å². The van der Waals surface area contributed by atoms with E-state index in [-0.39, 0.29) is 23.9 Å². The van der Waals surface area contributed by atoms with Crippen LogP contribution < -0.4 is 24.0 Å². The summed E-state index contributed by atoms with van der Waals surface area (Å²) in [5.41, 5.74) is 0.970. The van der Waals surface area contributed by atoms with E-state index in [4.69, 9.17) is 0 Å². The van der Waals surface area contributed by atoms with E-state index in [1.807, 2.05) is 30.3 Å². The number of nitrogens with zero attached hydrogens (tertiary/aromatic N) is 1. The van der Waals surface area contributed by atoms with E-state index in [0.717, 1.165) is 21.8 Å². The van der Waals surface area contributed by atoms with E-state index < -0.39 is 5.97 Å². The molecule has 70 valence electrons. The first kappa shape index (κ1) is 12.0. The molecule has 0 spiro atoms. The summed E-state index contributed by atoms with van der Waals surface area (Å²) in [5.74, 6) is -1.22. The zero-order valence-electron chi connectivity index (χ0n) is 8.14. The van der Waals surface area contributed by atoms with Crippen molar-refractivity contribution in [3.05, 3.63) is 41.5 Å². The van der Waals surface area contributed by atoms with Gasteiger partial charge in [0.25, 0.3) is 0 Å². The van der Waals surface area contributed by atoms with Crippen LogP contribution in [-0.2, 0) is 0 Å². The Bertz CT molecular complexity index is 455. The number of hydrogen-bond acceptors (Lipinski definition) is 4. The number of carboxylic acid groups (broad SMARTS) is 1. The minimum Gasteiger partial charge on any atom is -0.542 e. The van der Waals surface area contributed by atoms with Gasteiger partial charge < -0.3 is 9.90 Å². The number of rotatable bonds is 2. The van der Waals surface area contributed by atoms with Gasteiger partial charge in [-0.25, -0.2) is 4.98 Å². The van der Waals surface area contributed by atoms with Crippen molar-refractivity contribution < 1.29 is 28.8 Å². The summed E-state index contributed by atoms with van der Waals surface area (Å²) in [6, 6.07) is 9.52. The van der Waals surface area contributed by atoms with E-state index in [9.17, 15) is 9.90 Å². The van der Waals surface area contributed by atoms with Gasteiger partial charge in [-0.05, 0) is 5.56 Å². The van der Waals surface area contributed by atoms with E-state index in [1.165, 1.54) is 0 Å². The summed E-state index contributed by atoms with van der Waals surface area (Å²) < 4.78 is 0. The van der Waals surface area contributed by atoms with Crippen LogP contribution in [0, 0.1) is 0 Å². The first-order valence-electron chi connectivity index (χ1n) is 4.00. The Balaban J connectivity index is 0.00000112. The van der Waals surface area contributed by atoms with Crippen molar-refractivity contribution in [1.82, 2.24) is 4.98 Å². The van der Waals surface area contributed by atoms with Crippen molar-refractivity contribution in [1.29, 1.82) is 0 Å². The molecule has 0 bridgehead atoms. The second-order valence-corrected chi connectivity index (χ2v) is 3.71. The molecule has 1 heterocycles. The first-order valence-corrected chi connectivity index (χ1v) is 4.81. The van der Waals surface area contributed by atoms with Crippen LogP contribution in [0.25, 0.3) is 10.4 Å². The zero-order valence-corrected chi connectivity index (χ0v) is 8.95. The van der Waals surface area contributed by atoms with Gasteiger partial charge in [-0.1, -0.05) is 30.3 Å². The molecule has 0 aliphatic carbocycles. The van der Waals surface area contributed by atoms with Gasteiger partial charge in [0, 0.05) is 6.20 Å². The third-order valence-corrected chi connectivity index (χ3v) is 2.77. The fourth-order valence-corrected chi connectivity index (χ4v) is 1.86. The van der Waals surface area contributed by atoms with Gasteiger partial charge in [0.05, 0.1) is 4.88 Å². The molecule has 0 radical (unpaired) electrons. The summed E-state index contributed by atoms with van der Waals surface area (Å²) in [7, 11) is 0. The van der Waals surface area contributed by atoms with Crippen molar-refractivity contribution in [2.24, 2.45) is 0 Å². The Labute approximate surface area is 103 Å². The molecule has 1 aromatic heterocycles. The summed E-state index contributed by atoms with van der Waals surface area (Å²) in [5, 5.41) is 10.5. The van der Waals surface area contributed by atoms with Crippen molar-refractivity contribution in [2.45, 2.75) is 0 Å². The number of thiazole rings is 1. The molecule has 0 N–H and O–H groups in total. The number of carbonyl (C=O) groups is 1. The summed E-state index contributed by atoms with van der Waals surface area (Å²) >= 11 is 1.12. The molecule has 0 saturated heterocycles. The molecule has 0 fully saturated rings. The number of hydrogen-bond donors (Lipinski definition) is 0. The molecule has 15 heavy (non-hydrogen) atoms. The molecule has 0 atom stereocenters. The molecule has 0 amide bonds. The van der Waals surface area contributed by atoms with E-state index in [0.29, 0.717) is 0 Å². The Morgan fingerprint density at radius 1 is 1.27 bits per heavy atom. The minimum absolute atomic E-state index is 0.